The zero-order chi connectivity index (χ0) is 8.43. The number of halogens is 3. The quantitative estimate of drug-likeness (QED) is 0.687. The van der Waals surface area contributed by atoms with Gasteiger partial charge in [-0.05, 0) is 0 Å². The van der Waals surface area contributed by atoms with Gasteiger partial charge in [0.2, 0.25) is 0 Å². The molecule has 0 saturated carbocycles. The lowest BCUT2D eigenvalue weighted by atomic mass is 10.6. The van der Waals surface area contributed by atoms with Crippen LogP contribution in [0.25, 0.3) is 0 Å². The van der Waals surface area contributed by atoms with Gasteiger partial charge in [-0.25, -0.2) is 4.79 Å². The first kappa shape index (κ1) is 9.13. The van der Waals surface area contributed by atoms with Crippen molar-refractivity contribution in [3.63, 3.8) is 0 Å². The minimum atomic E-state index is -0.903. The fraction of sp³-hybridized carbons (Fsp3) is 0. The van der Waals surface area contributed by atoms with Crippen LogP contribution >= 0.6 is 46.1 Å². The molecule has 1 aromatic heterocycles. The van der Waals surface area contributed by atoms with Crippen LogP contribution in [0.1, 0.15) is 0 Å². The summed E-state index contributed by atoms with van der Waals surface area (Å²) in [6, 6.07) is 1.43. The van der Waals surface area contributed by atoms with Gasteiger partial charge in [-0.1, -0.05) is 34.5 Å². The van der Waals surface area contributed by atoms with Gasteiger partial charge in [0.1, 0.15) is 4.34 Å². The van der Waals surface area contributed by atoms with Crippen LogP contribution in [-0.2, 0) is 0 Å². The predicted octanol–water partition coefficient (Wildman–Crippen LogP) is 3.79. The van der Waals surface area contributed by atoms with E-state index in [4.69, 9.17) is 34.8 Å². The molecule has 60 valence electrons. The number of ether oxygens (including phenoxy) is 1. The van der Waals surface area contributed by atoms with Crippen LogP contribution in [0, 0.1) is 0 Å². The standard InChI is InChI=1S/C5HCl3O2S/c6-2-1-3(10-5(8)9)11-4(2)7/h1H. The molecular weight excluding hydrogens is 230 g/mol. The van der Waals surface area contributed by atoms with Crippen molar-refractivity contribution < 1.29 is 9.53 Å². The number of carbonyl (C=O) groups is 1. The summed E-state index contributed by atoms with van der Waals surface area (Å²) in [5.74, 6) is 0. The van der Waals surface area contributed by atoms with Crippen molar-refractivity contribution in [2.24, 2.45) is 0 Å². The summed E-state index contributed by atoms with van der Waals surface area (Å²) in [6.45, 7) is 0. The Bertz CT molecular complexity index is 264. The summed E-state index contributed by atoms with van der Waals surface area (Å²) in [7, 11) is 0. The SMILES string of the molecule is O=C(Cl)Oc1cc(Cl)c(Cl)s1. The highest BCUT2D eigenvalue weighted by atomic mass is 35.5. The van der Waals surface area contributed by atoms with Crippen LogP contribution in [-0.4, -0.2) is 5.43 Å². The van der Waals surface area contributed by atoms with Crippen LogP contribution in [0.4, 0.5) is 4.79 Å². The van der Waals surface area contributed by atoms with Crippen LogP contribution in [0.2, 0.25) is 9.36 Å². The second kappa shape index (κ2) is 3.63. The van der Waals surface area contributed by atoms with Gasteiger partial charge in [0.05, 0.1) is 5.02 Å². The molecule has 11 heavy (non-hydrogen) atoms. The average Bonchev–Trinajstić information content (AvgIpc) is 2.10. The molecule has 0 unspecified atom stereocenters. The van der Waals surface area contributed by atoms with E-state index in [-0.39, 0.29) is 0 Å². The van der Waals surface area contributed by atoms with Crippen LogP contribution in [0.15, 0.2) is 6.07 Å². The van der Waals surface area contributed by atoms with E-state index in [1.165, 1.54) is 6.07 Å². The average molecular weight is 231 g/mol. The molecular formula is C5HCl3O2S. The molecule has 0 radical (unpaired) electrons. The van der Waals surface area contributed by atoms with Crippen molar-refractivity contribution in [3.8, 4) is 5.06 Å². The van der Waals surface area contributed by atoms with Crippen molar-refractivity contribution in [1.29, 1.82) is 0 Å². The number of hydrogen-bond acceptors (Lipinski definition) is 3. The van der Waals surface area contributed by atoms with E-state index in [2.05, 4.69) is 4.74 Å². The molecule has 2 nitrogen and oxygen atoms in total. The second-order valence-electron chi connectivity index (χ2n) is 1.53. The maximum absolute atomic E-state index is 10.2. The lowest BCUT2D eigenvalue weighted by molar-refractivity contribution is 0.227. The van der Waals surface area contributed by atoms with Gasteiger partial charge in [0.25, 0.3) is 0 Å². The number of rotatable bonds is 1. The maximum atomic E-state index is 10.2. The Morgan fingerprint density at radius 2 is 2.18 bits per heavy atom. The lowest BCUT2D eigenvalue weighted by Crippen LogP contribution is -1.92. The van der Waals surface area contributed by atoms with Crippen molar-refractivity contribution in [1.82, 2.24) is 0 Å². The van der Waals surface area contributed by atoms with Crippen molar-refractivity contribution in [2.45, 2.75) is 0 Å². The Labute approximate surface area is 81.6 Å². The van der Waals surface area contributed by atoms with E-state index in [0.717, 1.165) is 11.3 Å². The monoisotopic (exact) mass is 230 g/mol. The summed E-state index contributed by atoms with van der Waals surface area (Å²) in [5, 5.41) is 0.643. The lowest BCUT2D eigenvalue weighted by Gasteiger charge is -1.89. The molecule has 0 N–H and O–H groups in total. The summed E-state index contributed by atoms with van der Waals surface area (Å²) < 4.78 is 4.87. The largest absolute Gasteiger partial charge is 0.409 e. The third-order valence-corrected chi connectivity index (χ3v) is 2.62. The normalized spacial score (nSPS) is 9.73. The highest BCUT2D eigenvalue weighted by molar-refractivity contribution is 7.18. The van der Waals surface area contributed by atoms with Crippen LogP contribution < -0.4 is 4.74 Å². The minimum Gasteiger partial charge on any atom is -0.403 e. The van der Waals surface area contributed by atoms with Crippen LogP contribution in [0.3, 0.4) is 0 Å². The summed E-state index contributed by atoms with van der Waals surface area (Å²) in [4.78, 5) is 10.2. The van der Waals surface area contributed by atoms with E-state index in [0.29, 0.717) is 14.4 Å². The van der Waals surface area contributed by atoms with Gasteiger partial charge in [0, 0.05) is 17.7 Å². The molecule has 1 heterocycles. The Balaban J connectivity index is 2.81. The van der Waals surface area contributed by atoms with Gasteiger partial charge in [0.15, 0.2) is 5.06 Å². The molecule has 0 bridgehead atoms. The van der Waals surface area contributed by atoms with Gasteiger partial charge >= 0.3 is 5.43 Å². The Hall–Kier alpha value is 0.0400. The smallest absolute Gasteiger partial charge is 0.403 e. The van der Waals surface area contributed by atoms with E-state index in [9.17, 15) is 4.79 Å². The summed E-state index contributed by atoms with van der Waals surface area (Å²) >= 11 is 17.1. The first-order valence-electron chi connectivity index (χ1n) is 2.41. The Morgan fingerprint density at radius 3 is 2.55 bits per heavy atom. The first-order chi connectivity index (χ1) is 5.09. The summed E-state index contributed by atoms with van der Waals surface area (Å²) in [6.07, 6.45) is 0. The van der Waals surface area contributed by atoms with E-state index in [1.807, 2.05) is 0 Å². The maximum Gasteiger partial charge on any atom is 0.409 e. The van der Waals surface area contributed by atoms with E-state index < -0.39 is 5.43 Å². The second-order valence-corrected chi connectivity index (χ2v) is 3.86. The molecule has 0 amide bonds. The number of thiophene rings is 1. The van der Waals surface area contributed by atoms with Crippen molar-refractivity contribution in [2.75, 3.05) is 0 Å². The topological polar surface area (TPSA) is 26.3 Å². The van der Waals surface area contributed by atoms with E-state index >= 15 is 0 Å². The molecule has 1 rings (SSSR count). The molecule has 0 aliphatic rings. The molecule has 0 aromatic carbocycles. The minimum absolute atomic E-state index is 0.292. The van der Waals surface area contributed by atoms with Gasteiger partial charge in [-0.3, -0.25) is 0 Å². The third-order valence-electron chi connectivity index (χ3n) is 0.803. The number of carbonyl (C=O) groups excluding carboxylic acids is 1. The predicted molar refractivity (Wildman–Crippen MR) is 46.2 cm³/mol. The zero-order valence-electron chi connectivity index (χ0n) is 4.94. The highest BCUT2D eigenvalue weighted by Crippen LogP contribution is 2.36. The van der Waals surface area contributed by atoms with Crippen molar-refractivity contribution >= 4 is 51.6 Å². The highest BCUT2D eigenvalue weighted by Gasteiger charge is 2.07. The number of hydrogen-bond donors (Lipinski definition) is 0. The molecule has 6 heteroatoms. The molecule has 0 aliphatic heterocycles. The molecule has 0 spiro atoms. The Morgan fingerprint density at radius 1 is 1.55 bits per heavy atom. The molecule has 0 aliphatic carbocycles. The molecule has 0 atom stereocenters. The fourth-order valence-electron chi connectivity index (χ4n) is 0.456. The fourth-order valence-corrected chi connectivity index (χ4v) is 1.77. The van der Waals surface area contributed by atoms with Gasteiger partial charge < -0.3 is 4.74 Å². The molecule has 0 saturated heterocycles. The van der Waals surface area contributed by atoms with E-state index in [1.54, 1.807) is 0 Å². The third kappa shape index (κ3) is 2.52. The zero-order valence-corrected chi connectivity index (χ0v) is 8.02. The first-order valence-corrected chi connectivity index (χ1v) is 4.37. The van der Waals surface area contributed by atoms with Crippen molar-refractivity contribution in [3.05, 3.63) is 15.4 Å². The van der Waals surface area contributed by atoms with Crippen LogP contribution in [0.5, 0.6) is 5.06 Å². The Kier molecular flexibility index (Phi) is 3.01. The van der Waals surface area contributed by atoms with Gasteiger partial charge in [-0.2, -0.15) is 0 Å². The summed E-state index contributed by atoms with van der Waals surface area (Å²) in [5.41, 5.74) is -0.903. The molecule has 1 aromatic rings. The molecule has 0 fully saturated rings. The van der Waals surface area contributed by atoms with Gasteiger partial charge in [-0.15, -0.1) is 0 Å².